The minimum absolute atomic E-state index is 0.0697. The molecule has 1 heterocycles. The third-order valence-electron chi connectivity index (χ3n) is 5.22. The number of carboxylic acid groups (broad SMARTS) is 2. The van der Waals surface area contributed by atoms with Crippen molar-refractivity contribution in [3.8, 4) is 0 Å². The van der Waals surface area contributed by atoms with Crippen molar-refractivity contribution in [2.45, 2.75) is 69.1 Å². The Balaban J connectivity index is 3.05. The molecule has 0 bridgehead atoms. The molecule has 37 heavy (non-hydrogen) atoms. The third kappa shape index (κ3) is 12.0. The number of amides is 4. The zero-order valence-electron chi connectivity index (χ0n) is 20.1. The van der Waals surface area contributed by atoms with Crippen molar-refractivity contribution in [3.05, 3.63) is 18.2 Å². The van der Waals surface area contributed by atoms with Crippen LogP contribution in [0, 0.1) is 0 Å². The molecule has 1 aromatic rings. The number of aromatic nitrogens is 2. The smallest absolute Gasteiger partial charge is 0.326 e. The molecule has 12 N–H and O–H groups in total. The molecular weight excluding hydrogens is 492 g/mol. The largest absolute Gasteiger partial charge is 0.481 e. The van der Waals surface area contributed by atoms with E-state index in [0.29, 0.717) is 31.5 Å². The second-order valence-electron chi connectivity index (χ2n) is 8.30. The summed E-state index contributed by atoms with van der Waals surface area (Å²) >= 11 is 0. The van der Waals surface area contributed by atoms with Crippen molar-refractivity contribution in [2.24, 2.45) is 17.2 Å². The number of hydrogen-bond donors (Lipinski definition) is 9. The Bertz CT molecular complexity index is 939. The van der Waals surface area contributed by atoms with Crippen LogP contribution in [0.3, 0.4) is 0 Å². The van der Waals surface area contributed by atoms with Gasteiger partial charge in [-0.2, -0.15) is 0 Å². The van der Waals surface area contributed by atoms with Crippen LogP contribution in [-0.4, -0.2) is 86.5 Å². The van der Waals surface area contributed by atoms with Gasteiger partial charge in [0.1, 0.15) is 18.1 Å². The first-order chi connectivity index (χ1) is 17.4. The highest BCUT2D eigenvalue weighted by Gasteiger charge is 2.31. The summed E-state index contributed by atoms with van der Waals surface area (Å²) in [4.78, 5) is 78.7. The molecule has 0 saturated carbocycles. The molecule has 0 radical (unpaired) electrons. The summed E-state index contributed by atoms with van der Waals surface area (Å²) in [7, 11) is 0. The van der Waals surface area contributed by atoms with Crippen LogP contribution in [0.15, 0.2) is 12.5 Å². The topological polar surface area (TPSA) is 286 Å². The van der Waals surface area contributed by atoms with E-state index in [4.69, 9.17) is 22.3 Å². The molecular formula is C21H34N8O8. The Morgan fingerprint density at radius 3 is 2.08 bits per heavy atom. The molecule has 1 rings (SSSR count). The number of rotatable bonds is 18. The molecule has 4 unspecified atom stereocenters. The summed E-state index contributed by atoms with van der Waals surface area (Å²) in [5.74, 6) is -6.36. The van der Waals surface area contributed by atoms with Gasteiger partial charge in [-0.05, 0) is 25.8 Å². The van der Waals surface area contributed by atoms with Crippen LogP contribution in [0.1, 0.15) is 44.2 Å². The summed E-state index contributed by atoms with van der Waals surface area (Å²) in [6, 6.07) is -5.37. The van der Waals surface area contributed by atoms with E-state index in [2.05, 4.69) is 25.9 Å². The maximum Gasteiger partial charge on any atom is 0.326 e. The van der Waals surface area contributed by atoms with E-state index < -0.39 is 79.0 Å². The first kappa shape index (κ1) is 31.0. The minimum Gasteiger partial charge on any atom is -0.481 e. The van der Waals surface area contributed by atoms with E-state index in [1.54, 1.807) is 0 Å². The molecule has 0 spiro atoms. The van der Waals surface area contributed by atoms with Gasteiger partial charge in [-0.25, -0.2) is 9.78 Å². The lowest BCUT2D eigenvalue weighted by Gasteiger charge is -2.24. The molecule has 16 heteroatoms. The molecule has 1 aromatic heterocycles. The fourth-order valence-corrected chi connectivity index (χ4v) is 3.23. The second kappa shape index (κ2) is 15.8. The number of carboxylic acids is 2. The van der Waals surface area contributed by atoms with E-state index in [-0.39, 0.29) is 6.42 Å². The Labute approximate surface area is 212 Å². The summed E-state index contributed by atoms with van der Waals surface area (Å²) in [6.45, 7) is 0.432. The van der Waals surface area contributed by atoms with Gasteiger partial charge in [0.25, 0.3) is 0 Å². The van der Waals surface area contributed by atoms with Crippen LogP contribution in [0.2, 0.25) is 0 Å². The van der Waals surface area contributed by atoms with Crippen molar-refractivity contribution in [2.75, 3.05) is 6.54 Å². The highest BCUT2D eigenvalue weighted by molar-refractivity contribution is 5.95. The van der Waals surface area contributed by atoms with Crippen molar-refractivity contribution in [3.63, 3.8) is 0 Å². The van der Waals surface area contributed by atoms with Gasteiger partial charge in [0.05, 0.1) is 18.8 Å². The predicted octanol–water partition coefficient (Wildman–Crippen LogP) is -3.31. The molecule has 0 aliphatic carbocycles. The van der Waals surface area contributed by atoms with Crippen molar-refractivity contribution >= 4 is 35.6 Å². The molecule has 0 fully saturated rings. The number of H-pyrrole nitrogens is 1. The zero-order chi connectivity index (χ0) is 28.0. The van der Waals surface area contributed by atoms with Gasteiger partial charge in [-0.1, -0.05) is 6.42 Å². The normalized spacial score (nSPS) is 14.0. The zero-order valence-corrected chi connectivity index (χ0v) is 20.1. The molecule has 0 aromatic carbocycles. The first-order valence-electron chi connectivity index (χ1n) is 11.5. The lowest BCUT2D eigenvalue weighted by atomic mass is 10.1. The van der Waals surface area contributed by atoms with Crippen LogP contribution >= 0.6 is 0 Å². The van der Waals surface area contributed by atoms with Crippen LogP contribution in [0.4, 0.5) is 0 Å². The lowest BCUT2D eigenvalue weighted by molar-refractivity contribution is -0.144. The number of aromatic amines is 1. The van der Waals surface area contributed by atoms with E-state index >= 15 is 0 Å². The fraction of sp³-hybridized carbons (Fsp3) is 0.571. The average molecular weight is 527 g/mol. The van der Waals surface area contributed by atoms with Gasteiger partial charge in [-0.15, -0.1) is 0 Å². The van der Waals surface area contributed by atoms with Gasteiger partial charge in [0.2, 0.25) is 23.6 Å². The van der Waals surface area contributed by atoms with E-state index in [1.165, 1.54) is 12.5 Å². The molecule has 4 atom stereocenters. The number of carbonyl (C=O) groups excluding carboxylic acids is 4. The summed E-state index contributed by atoms with van der Waals surface area (Å²) < 4.78 is 0. The van der Waals surface area contributed by atoms with Gasteiger partial charge < -0.3 is 48.3 Å². The van der Waals surface area contributed by atoms with Gasteiger partial charge in [0.15, 0.2) is 0 Å². The minimum atomic E-state index is -1.69. The number of hydrogen-bond acceptors (Lipinski definition) is 9. The summed E-state index contributed by atoms with van der Waals surface area (Å²) in [6.07, 6.45) is 2.61. The average Bonchev–Trinajstić information content (AvgIpc) is 3.33. The first-order valence-corrected chi connectivity index (χ1v) is 11.5. The Kier molecular flexibility index (Phi) is 13.3. The van der Waals surface area contributed by atoms with Crippen LogP contribution < -0.4 is 33.2 Å². The molecule has 0 saturated heterocycles. The van der Waals surface area contributed by atoms with Crippen molar-refractivity contribution in [1.29, 1.82) is 0 Å². The number of nitrogens with two attached hydrogens (primary N) is 3. The van der Waals surface area contributed by atoms with Gasteiger partial charge in [0, 0.05) is 24.7 Å². The SMILES string of the molecule is NCCCCC(N)C(=O)NC(Cc1cnc[nH]1)C(=O)NC(CCC(=O)O)C(=O)NC(CC(N)=O)C(=O)O. The monoisotopic (exact) mass is 526 g/mol. The van der Waals surface area contributed by atoms with Crippen molar-refractivity contribution < 1.29 is 39.0 Å². The maximum atomic E-state index is 13.1. The Morgan fingerprint density at radius 2 is 1.54 bits per heavy atom. The second-order valence-corrected chi connectivity index (χ2v) is 8.30. The number of nitrogens with zero attached hydrogens (tertiary/aromatic N) is 1. The summed E-state index contributed by atoms with van der Waals surface area (Å²) in [5, 5.41) is 25.2. The number of primary amides is 1. The maximum absolute atomic E-state index is 13.1. The molecule has 206 valence electrons. The molecule has 16 nitrogen and oxygen atoms in total. The molecule has 4 amide bonds. The quantitative estimate of drug-likeness (QED) is 0.0853. The van der Waals surface area contributed by atoms with E-state index in [1.807, 2.05) is 0 Å². The van der Waals surface area contributed by atoms with E-state index in [0.717, 1.165) is 0 Å². The van der Waals surface area contributed by atoms with Gasteiger partial charge in [-0.3, -0.25) is 24.0 Å². The predicted molar refractivity (Wildman–Crippen MR) is 127 cm³/mol. The van der Waals surface area contributed by atoms with Crippen LogP contribution in [0.25, 0.3) is 0 Å². The highest BCUT2D eigenvalue weighted by Crippen LogP contribution is 2.06. The number of imidazole rings is 1. The highest BCUT2D eigenvalue weighted by atomic mass is 16.4. The standard InChI is InChI=1S/C21H34N8O8/c22-6-2-1-3-12(23)18(33)28-14(7-11-9-25-10-26-11)20(35)27-13(4-5-17(31)32)19(34)29-15(21(36)37)8-16(24)30/h9-10,12-15H,1-8,22-23H2,(H2,24,30)(H,25,26)(H,27,35)(H,28,33)(H,29,34)(H,31,32)(H,36,37). The molecule has 0 aliphatic rings. The Hall–Kier alpha value is -4.05. The van der Waals surface area contributed by atoms with Crippen LogP contribution in [0.5, 0.6) is 0 Å². The lowest BCUT2D eigenvalue weighted by Crippen LogP contribution is -2.58. The number of nitrogens with one attached hydrogen (secondary N) is 4. The summed E-state index contributed by atoms with van der Waals surface area (Å²) in [5.41, 5.74) is 16.8. The van der Waals surface area contributed by atoms with Crippen LogP contribution in [-0.2, 0) is 35.2 Å². The number of unbranched alkanes of at least 4 members (excludes halogenated alkanes) is 1. The Morgan fingerprint density at radius 1 is 0.919 bits per heavy atom. The number of carbonyl (C=O) groups is 6. The number of aliphatic carboxylic acids is 2. The van der Waals surface area contributed by atoms with Gasteiger partial charge >= 0.3 is 11.9 Å². The van der Waals surface area contributed by atoms with E-state index in [9.17, 15) is 33.9 Å². The molecule has 0 aliphatic heterocycles. The fourth-order valence-electron chi connectivity index (χ4n) is 3.23. The third-order valence-corrected chi connectivity index (χ3v) is 5.22. The van der Waals surface area contributed by atoms with Crippen molar-refractivity contribution in [1.82, 2.24) is 25.9 Å².